The fraction of sp³-hybridized carbons (Fsp3) is 0.600. The van der Waals surface area contributed by atoms with E-state index >= 15 is 0 Å². The van der Waals surface area contributed by atoms with Crippen LogP contribution in [0.5, 0.6) is 5.19 Å². The van der Waals surface area contributed by atoms with Gasteiger partial charge in [0.05, 0.1) is 6.10 Å². The van der Waals surface area contributed by atoms with Crippen LogP contribution in [0.15, 0.2) is 42.5 Å². The molecule has 19 heteroatoms. The zero-order valence-electron chi connectivity index (χ0n) is 33.5. The molecule has 0 bridgehead atoms. The number of aliphatic hydroxyl groups excluding tert-OH is 1. The zero-order valence-corrected chi connectivity index (χ0v) is 39.1. The molecule has 1 N–H and O–H groups in total. The number of hydrogen-bond donors (Lipinski definition) is 1. The van der Waals surface area contributed by atoms with Crippen molar-refractivity contribution in [3.63, 3.8) is 0 Å². The number of ether oxygens (including phenoxy) is 1. The van der Waals surface area contributed by atoms with E-state index in [1.54, 1.807) is 0 Å². The van der Waals surface area contributed by atoms with Gasteiger partial charge in [-0.05, 0) is 131 Å². The SMILES string of the molecule is CC(C)c1noc(N2CCC(C(O)C3CC3)CC2)n1.CC(C)c1noc(N2CCC(C(Oc3nc4ccc(Br)nc4s3)C3CC3)CC2)n1.Clc1nc2ccc(Br)nc2s1. The number of halogens is 3. The van der Waals surface area contributed by atoms with Crippen molar-refractivity contribution in [1.29, 1.82) is 0 Å². The Hall–Kier alpha value is -3.03. The maximum Gasteiger partial charge on any atom is 0.324 e. The van der Waals surface area contributed by atoms with Crippen molar-refractivity contribution in [3.8, 4) is 5.19 Å². The van der Waals surface area contributed by atoms with E-state index in [4.69, 9.17) is 25.4 Å². The third-order valence-electron chi connectivity index (χ3n) is 11.3. The van der Waals surface area contributed by atoms with Gasteiger partial charge >= 0.3 is 12.0 Å². The van der Waals surface area contributed by atoms with E-state index in [-0.39, 0.29) is 18.1 Å². The third-order valence-corrected chi connectivity index (χ3v) is 14.1. The number of fused-ring (bicyclic) bond motifs is 2. The van der Waals surface area contributed by atoms with Crippen LogP contribution in [0, 0.1) is 23.7 Å². The van der Waals surface area contributed by atoms with Crippen LogP contribution in [0.1, 0.15) is 103 Å². The van der Waals surface area contributed by atoms with Crippen LogP contribution in [0.4, 0.5) is 12.0 Å². The second kappa shape index (κ2) is 18.9. The van der Waals surface area contributed by atoms with E-state index in [9.17, 15) is 5.11 Å². The summed E-state index contributed by atoms with van der Waals surface area (Å²) in [6.07, 6.45) is 9.25. The van der Waals surface area contributed by atoms with Crippen molar-refractivity contribution in [1.82, 2.24) is 40.2 Å². The minimum absolute atomic E-state index is 0.0870. The highest BCUT2D eigenvalue weighted by Crippen LogP contribution is 2.43. The lowest BCUT2D eigenvalue weighted by Crippen LogP contribution is -2.40. The minimum atomic E-state index is -0.0870. The van der Waals surface area contributed by atoms with E-state index in [1.165, 1.54) is 48.4 Å². The van der Waals surface area contributed by atoms with E-state index in [2.05, 4.69) is 110 Å². The lowest BCUT2D eigenvalue weighted by atomic mass is 9.89. The van der Waals surface area contributed by atoms with E-state index in [0.717, 1.165) is 98.6 Å². The molecule has 2 saturated carbocycles. The standard InChI is InChI=1S/C20H24BrN5O2S.C14H23N3O2.C6H2BrClN2S/c1-11(2)17-24-19(28-25-17)26-9-7-13(8-10-26)16(12-3-4-12)27-20-22-14-5-6-15(21)23-18(14)29-20;1-9(2)13-15-14(19-16-13)17-7-5-11(6-8-17)12(18)10-3-4-10;7-4-2-1-3-5(10-4)11-6(8)9-3/h5-6,11-13,16H,3-4,7-10H2,1-2H3;9-12,18H,3-8H2,1-2H3;1-2H. The normalized spacial score (nSPS) is 18.9. The Kier molecular flexibility index (Phi) is 13.7. The van der Waals surface area contributed by atoms with Crippen LogP contribution < -0.4 is 14.5 Å². The maximum atomic E-state index is 10.2. The van der Waals surface area contributed by atoms with E-state index in [1.807, 2.05) is 24.3 Å². The van der Waals surface area contributed by atoms with Gasteiger partial charge in [0.2, 0.25) is 0 Å². The number of rotatable bonds is 10. The van der Waals surface area contributed by atoms with Crippen LogP contribution in [-0.4, -0.2) is 83.7 Å². The van der Waals surface area contributed by atoms with Crippen molar-refractivity contribution >= 4 is 98.9 Å². The lowest BCUT2D eigenvalue weighted by molar-refractivity contribution is 0.0725. The van der Waals surface area contributed by atoms with Gasteiger partial charge < -0.3 is 28.7 Å². The van der Waals surface area contributed by atoms with Crippen LogP contribution in [0.25, 0.3) is 20.7 Å². The highest BCUT2D eigenvalue weighted by molar-refractivity contribution is 9.10. The topological polar surface area (TPSA) is 165 Å². The van der Waals surface area contributed by atoms with Crippen LogP contribution in [-0.2, 0) is 0 Å². The molecule has 4 aliphatic rings. The Morgan fingerprint density at radius 2 is 1.10 bits per heavy atom. The maximum absolute atomic E-state index is 10.2. The second-order valence-electron chi connectivity index (χ2n) is 16.4. The fourth-order valence-corrected chi connectivity index (χ4v) is 10.2. The molecular formula is C40H49Br2ClN10O4S2. The van der Waals surface area contributed by atoms with Crippen molar-refractivity contribution < 1.29 is 18.9 Å². The largest absolute Gasteiger partial charge is 0.466 e. The van der Waals surface area contributed by atoms with Gasteiger partial charge in [-0.2, -0.15) is 9.97 Å². The van der Waals surface area contributed by atoms with Crippen molar-refractivity contribution in [2.24, 2.45) is 23.7 Å². The molecule has 0 spiro atoms. The first-order chi connectivity index (χ1) is 28.5. The first-order valence-electron chi connectivity index (χ1n) is 20.5. The first kappa shape index (κ1) is 42.7. The fourth-order valence-electron chi connectivity index (χ4n) is 7.56. The number of anilines is 2. The molecule has 10 rings (SSSR count). The zero-order chi connectivity index (χ0) is 41.2. The molecule has 2 saturated heterocycles. The first-order valence-corrected chi connectivity index (χ1v) is 24.1. The van der Waals surface area contributed by atoms with Crippen LogP contribution in [0.2, 0.25) is 4.47 Å². The number of aromatic nitrogens is 8. The summed E-state index contributed by atoms with van der Waals surface area (Å²) < 4.78 is 19.4. The summed E-state index contributed by atoms with van der Waals surface area (Å²) in [7, 11) is 0. The summed E-state index contributed by atoms with van der Waals surface area (Å²) >= 11 is 15.3. The average Bonchev–Trinajstić information content (AvgIpc) is 4.04. The molecule has 2 aliphatic heterocycles. The molecule has 2 atom stereocenters. The van der Waals surface area contributed by atoms with Crippen LogP contribution >= 0.6 is 66.1 Å². The molecule has 4 fully saturated rings. The molecule has 0 amide bonds. The molecule has 8 heterocycles. The van der Waals surface area contributed by atoms with E-state index < -0.39 is 0 Å². The van der Waals surface area contributed by atoms with Gasteiger partial charge in [-0.1, -0.05) is 72.3 Å². The summed E-state index contributed by atoms with van der Waals surface area (Å²) in [5.74, 6) is 4.33. The van der Waals surface area contributed by atoms with Gasteiger partial charge in [0.25, 0.3) is 5.19 Å². The molecule has 2 unspecified atom stereocenters. The van der Waals surface area contributed by atoms with Gasteiger partial charge in [0, 0.05) is 38.0 Å². The number of hydrogen-bond acceptors (Lipinski definition) is 16. The van der Waals surface area contributed by atoms with Crippen molar-refractivity contribution in [2.75, 3.05) is 36.0 Å². The lowest BCUT2D eigenvalue weighted by Gasteiger charge is -2.34. The summed E-state index contributed by atoms with van der Waals surface area (Å²) in [6, 6.07) is 8.92. The molecule has 6 aromatic heterocycles. The summed E-state index contributed by atoms with van der Waals surface area (Å²) in [6.45, 7) is 11.9. The average molecular weight is 993 g/mol. The summed E-state index contributed by atoms with van der Waals surface area (Å²) in [5, 5.41) is 19.0. The Morgan fingerprint density at radius 1 is 0.644 bits per heavy atom. The Labute approximate surface area is 373 Å². The number of thiazole rings is 2. The second-order valence-corrected chi connectivity index (χ2v) is 20.6. The Balaban J connectivity index is 0.000000137. The Bertz CT molecular complexity index is 2300. The predicted molar refractivity (Wildman–Crippen MR) is 238 cm³/mol. The summed E-state index contributed by atoms with van der Waals surface area (Å²) in [5.41, 5.74) is 1.75. The molecule has 14 nitrogen and oxygen atoms in total. The molecule has 6 aromatic rings. The summed E-state index contributed by atoms with van der Waals surface area (Å²) in [4.78, 5) is 32.5. The van der Waals surface area contributed by atoms with Crippen molar-refractivity contribution in [3.05, 3.63) is 49.6 Å². The number of pyridine rings is 2. The minimum Gasteiger partial charge on any atom is -0.466 e. The smallest absolute Gasteiger partial charge is 0.324 e. The molecule has 316 valence electrons. The molecule has 2 aliphatic carbocycles. The molecule has 0 radical (unpaired) electrons. The predicted octanol–water partition coefficient (Wildman–Crippen LogP) is 10.3. The molecular weight excluding hydrogens is 944 g/mol. The van der Waals surface area contributed by atoms with Gasteiger partial charge in [-0.15, -0.1) is 0 Å². The Morgan fingerprint density at radius 3 is 1.59 bits per heavy atom. The van der Waals surface area contributed by atoms with E-state index in [0.29, 0.717) is 46.1 Å². The quantitative estimate of drug-likeness (QED) is 0.129. The van der Waals surface area contributed by atoms with Gasteiger partial charge in [0.1, 0.15) is 36.0 Å². The van der Waals surface area contributed by atoms with Crippen molar-refractivity contribution in [2.45, 2.75) is 103 Å². The highest BCUT2D eigenvalue weighted by Gasteiger charge is 2.41. The number of piperidine rings is 2. The van der Waals surface area contributed by atoms with Gasteiger partial charge in [-0.25, -0.2) is 19.9 Å². The molecule has 59 heavy (non-hydrogen) atoms. The number of aliphatic hydroxyl groups is 1. The third kappa shape index (κ3) is 10.9. The van der Waals surface area contributed by atoms with Gasteiger partial charge in [-0.3, -0.25) is 0 Å². The van der Waals surface area contributed by atoms with Gasteiger partial charge in [0.15, 0.2) is 16.1 Å². The number of nitrogens with zero attached hydrogens (tertiary/aromatic N) is 10. The highest BCUT2D eigenvalue weighted by atomic mass is 79.9. The molecule has 0 aromatic carbocycles. The van der Waals surface area contributed by atoms with Crippen LogP contribution in [0.3, 0.4) is 0 Å². The monoisotopic (exact) mass is 990 g/mol.